The highest BCUT2D eigenvalue weighted by atomic mass is 15.2. The van der Waals surface area contributed by atoms with Gasteiger partial charge in [-0.25, -0.2) is 9.97 Å². The number of pyridine rings is 2. The summed E-state index contributed by atoms with van der Waals surface area (Å²) >= 11 is 0. The van der Waals surface area contributed by atoms with Crippen molar-refractivity contribution in [3.8, 4) is 0 Å². The van der Waals surface area contributed by atoms with Gasteiger partial charge < -0.3 is 9.97 Å². The molecule has 0 unspecified atom stereocenters. The zero-order chi connectivity index (χ0) is 18.5. The first kappa shape index (κ1) is 17.1. The molecule has 0 saturated carbocycles. The Morgan fingerprint density at radius 1 is 0.741 bits per heavy atom. The van der Waals surface area contributed by atoms with Crippen molar-refractivity contribution < 1.29 is 0 Å². The van der Waals surface area contributed by atoms with Crippen molar-refractivity contribution in [2.75, 3.05) is 0 Å². The molecule has 0 aliphatic rings. The summed E-state index contributed by atoms with van der Waals surface area (Å²) in [5.41, 5.74) is 1.27. The van der Waals surface area contributed by atoms with E-state index in [4.69, 9.17) is 0 Å². The Kier molecular flexibility index (Phi) is 4.76. The predicted octanol–water partition coefficient (Wildman–Crippen LogP) is 2.89. The van der Waals surface area contributed by atoms with Gasteiger partial charge in [-0.15, -0.1) is 0 Å². The van der Waals surface area contributed by atoms with Gasteiger partial charge in [0.05, 0.1) is 24.5 Å². The van der Waals surface area contributed by atoms with Gasteiger partial charge in [0.25, 0.3) is 0 Å². The molecule has 0 spiro atoms. The van der Waals surface area contributed by atoms with Crippen molar-refractivity contribution in [1.29, 1.82) is 0 Å². The summed E-state index contributed by atoms with van der Waals surface area (Å²) in [6.45, 7) is 3.33. The lowest BCUT2D eigenvalue weighted by molar-refractivity contribution is 0.106. The monoisotopic (exact) mass is 359 g/mol. The van der Waals surface area contributed by atoms with Crippen LogP contribution in [0.5, 0.6) is 0 Å². The summed E-state index contributed by atoms with van der Waals surface area (Å²) in [7, 11) is 0. The highest BCUT2D eigenvalue weighted by molar-refractivity contribution is 5.29. The van der Waals surface area contributed by atoms with E-state index in [1.807, 2.05) is 61.2 Å². The van der Waals surface area contributed by atoms with Crippen molar-refractivity contribution in [1.82, 2.24) is 34.8 Å². The standard InChI is InChI=1S/C20H21N7/c1-20(16-6-2-4-8-21-16,17-7-3-5-9-22-17)27(14-18-23-10-11-24-18)15-19-25-12-13-26-19/h2-13H,14-15H2,1H3,(H,23,24)(H,25,26). The van der Waals surface area contributed by atoms with E-state index in [9.17, 15) is 0 Å². The maximum Gasteiger partial charge on any atom is 0.120 e. The van der Waals surface area contributed by atoms with Crippen molar-refractivity contribution in [3.63, 3.8) is 0 Å². The van der Waals surface area contributed by atoms with E-state index in [2.05, 4.69) is 41.7 Å². The third kappa shape index (κ3) is 3.50. The Hall–Kier alpha value is -3.32. The number of hydrogen-bond acceptors (Lipinski definition) is 5. The molecule has 0 radical (unpaired) electrons. The summed E-state index contributed by atoms with van der Waals surface area (Å²) in [5.74, 6) is 1.75. The number of imidazole rings is 2. The zero-order valence-corrected chi connectivity index (χ0v) is 15.1. The number of H-pyrrole nitrogens is 2. The maximum absolute atomic E-state index is 4.66. The van der Waals surface area contributed by atoms with Crippen molar-refractivity contribution in [2.45, 2.75) is 25.6 Å². The van der Waals surface area contributed by atoms with Crippen LogP contribution < -0.4 is 0 Å². The van der Waals surface area contributed by atoms with Crippen LogP contribution in [0.15, 0.2) is 73.6 Å². The topological polar surface area (TPSA) is 86.4 Å². The minimum atomic E-state index is -0.567. The van der Waals surface area contributed by atoms with Gasteiger partial charge in [0.1, 0.15) is 17.2 Å². The number of aromatic nitrogens is 6. The first-order chi connectivity index (χ1) is 13.3. The van der Waals surface area contributed by atoms with Crippen LogP contribution in [-0.2, 0) is 18.6 Å². The number of rotatable bonds is 7. The molecule has 0 aliphatic heterocycles. The Morgan fingerprint density at radius 2 is 1.26 bits per heavy atom. The van der Waals surface area contributed by atoms with E-state index in [0.717, 1.165) is 23.0 Å². The van der Waals surface area contributed by atoms with E-state index >= 15 is 0 Å². The van der Waals surface area contributed by atoms with Crippen LogP contribution in [0.3, 0.4) is 0 Å². The molecule has 0 aromatic carbocycles. The molecule has 4 aromatic rings. The van der Waals surface area contributed by atoms with Crippen LogP contribution in [-0.4, -0.2) is 34.8 Å². The van der Waals surface area contributed by atoms with Crippen LogP contribution in [0.25, 0.3) is 0 Å². The SMILES string of the molecule is CC(c1ccccn1)(c1ccccn1)N(Cc1ncc[nH]1)Cc1ncc[nH]1. The first-order valence-corrected chi connectivity index (χ1v) is 8.81. The molecule has 136 valence electrons. The van der Waals surface area contributed by atoms with Gasteiger partial charge in [0.2, 0.25) is 0 Å². The molecular formula is C20H21N7. The van der Waals surface area contributed by atoms with E-state index in [0.29, 0.717) is 13.1 Å². The molecule has 0 atom stereocenters. The second kappa shape index (κ2) is 7.51. The molecule has 0 aliphatic carbocycles. The maximum atomic E-state index is 4.66. The molecule has 4 aromatic heterocycles. The van der Waals surface area contributed by atoms with Gasteiger partial charge in [-0.3, -0.25) is 14.9 Å². The lowest BCUT2D eigenvalue weighted by Gasteiger charge is -2.39. The van der Waals surface area contributed by atoms with Gasteiger partial charge in [-0.1, -0.05) is 12.1 Å². The van der Waals surface area contributed by atoms with E-state index in [1.165, 1.54) is 0 Å². The third-order valence-electron chi connectivity index (χ3n) is 4.75. The van der Waals surface area contributed by atoms with E-state index < -0.39 is 5.54 Å². The highest BCUT2D eigenvalue weighted by Crippen LogP contribution is 2.35. The molecule has 0 amide bonds. The predicted molar refractivity (Wildman–Crippen MR) is 101 cm³/mol. The molecule has 0 fully saturated rings. The second-order valence-corrected chi connectivity index (χ2v) is 6.43. The lowest BCUT2D eigenvalue weighted by Crippen LogP contribution is -2.45. The average molecular weight is 359 g/mol. The van der Waals surface area contributed by atoms with Crippen molar-refractivity contribution in [2.24, 2.45) is 0 Å². The Balaban J connectivity index is 1.82. The molecule has 0 saturated heterocycles. The molecule has 0 bridgehead atoms. The quantitative estimate of drug-likeness (QED) is 0.530. The summed E-state index contributed by atoms with van der Waals surface area (Å²) in [5, 5.41) is 0. The molecular weight excluding hydrogens is 338 g/mol. The van der Waals surface area contributed by atoms with Gasteiger partial charge >= 0.3 is 0 Å². The Labute approximate surface area is 157 Å². The highest BCUT2D eigenvalue weighted by Gasteiger charge is 2.39. The Morgan fingerprint density at radius 3 is 1.63 bits per heavy atom. The molecule has 4 rings (SSSR count). The molecule has 27 heavy (non-hydrogen) atoms. The minimum absolute atomic E-state index is 0.567. The average Bonchev–Trinajstić information content (AvgIpc) is 3.42. The summed E-state index contributed by atoms with van der Waals surface area (Å²) < 4.78 is 0. The summed E-state index contributed by atoms with van der Waals surface area (Å²) in [6.07, 6.45) is 10.8. The number of hydrogen-bond donors (Lipinski definition) is 2. The molecule has 4 heterocycles. The van der Waals surface area contributed by atoms with Crippen molar-refractivity contribution >= 4 is 0 Å². The van der Waals surface area contributed by atoms with E-state index in [-0.39, 0.29) is 0 Å². The molecule has 7 heteroatoms. The normalized spacial score (nSPS) is 11.8. The third-order valence-corrected chi connectivity index (χ3v) is 4.75. The first-order valence-electron chi connectivity index (χ1n) is 8.81. The van der Waals surface area contributed by atoms with Crippen LogP contribution in [0.2, 0.25) is 0 Å². The van der Waals surface area contributed by atoms with Gasteiger partial charge in [-0.2, -0.15) is 0 Å². The van der Waals surface area contributed by atoms with Crippen LogP contribution in [0.1, 0.15) is 30.0 Å². The fraction of sp³-hybridized carbons (Fsp3) is 0.200. The number of nitrogens with one attached hydrogen (secondary N) is 2. The zero-order valence-electron chi connectivity index (χ0n) is 15.1. The lowest BCUT2D eigenvalue weighted by atomic mass is 9.89. The van der Waals surface area contributed by atoms with E-state index in [1.54, 1.807) is 12.4 Å². The number of aromatic amines is 2. The fourth-order valence-corrected chi connectivity index (χ4v) is 3.26. The van der Waals surface area contributed by atoms with Crippen LogP contribution >= 0.6 is 0 Å². The minimum Gasteiger partial charge on any atom is -0.348 e. The number of nitrogens with zero attached hydrogens (tertiary/aromatic N) is 5. The molecule has 7 nitrogen and oxygen atoms in total. The second-order valence-electron chi connectivity index (χ2n) is 6.43. The summed E-state index contributed by atoms with van der Waals surface area (Å²) in [4.78, 5) is 26.8. The van der Waals surface area contributed by atoms with Crippen LogP contribution in [0, 0.1) is 0 Å². The van der Waals surface area contributed by atoms with Crippen molar-refractivity contribution in [3.05, 3.63) is 96.6 Å². The fourth-order valence-electron chi connectivity index (χ4n) is 3.26. The van der Waals surface area contributed by atoms with Gasteiger partial charge in [-0.05, 0) is 31.2 Å². The Bertz CT molecular complexity index is 859. The smallest absolute Gasteiger partial charge is 0.120 e. The largest absolute Gasteiger partial charge is 0.348 e. The molecule has 2 N–H and O–H groups in total. The van der Waals surface area contributed by atoms with Gasteiger partial charge in [0, 0.05) is 37.2 Å². The summed E-state index contributed by atoms with van der Waals surface area (Å²) in [6, 6.07) is 11.9. The van der Waals surface area contributed by atoms with Gasteiger partial charge in [0.15, 0.2) is 0 Å². The van der Waals surface area contributed by atoms with Crippen LogP contribution in [0.4, 0.5) is 0 Å².